The molecule has 1 atom stereocenters. The van der Waals surface area contributed by atoms with E-state index in [0.29, 0.717) is 47.9 Å². The number of nitrogens with zero attached hydrogens (tertiary/aromatic N) is 1. The number of hydrogen-bond donors (Lipinski definition) is 0. The number of likely N-dealkylation sites (tertiary alicyclic amines) is 1. The monoisotopic (exact) mass is 437 g/mol. The van der Waals surface area contributed by atoms with Crippen molar-refractivity contribution in [3.8, 4) is 17.2 Å². The van der Waals surface area contributed by atoms with Gasteiger partial charge in [-0.1, -0.05) is 11.6 Å². The van der Waals surface area contributed by atoms with Crippen LogP contribution in [0.4, 0.5) is 0 Å². The number of hydrogen-bond acceptors (Lipinski definition) is 6. The minimum Gasteiger partial charge on any atom is -0.497 e. The quantitative estimate of drug-likeness (QED) is 0.642. The van der Waals surface area contributed by atoms with Crippen molar-refractivity contribution in [3.05, 3.63) is 53.1 Å². The lowest BCUT2D eigenvalue weighted by atomic mass is 9.89. The molecule has 0 bridgehead atoms. The molecule has 1 fully saturated rings. The summed E-state index contributed by atoms with van der Waals surface area (Å²) in [7, 11) is 3.08. The van der Waals surface area contributed by atoms with Gasteiger partial charge in [-0.3, -0.25) is 14.4 Å². The molecule has 1 saturated heterocycles. The summed E-state index contributed by atoms with van der Waals surface area (Å²) >= 11 is 0. The van der Waals surface area contributed by atoms with Crippen LogP contribution in [0.5, 0.6) is 17.2 Å². The highest BCUT2D eigenvalue weighted by molar-refractivity contribution is 6.01. The zero-order chi connectivity index (χ0) is 22.9. The van der Waals surface area contributed by atoms with Gasteiger partial charge in [0.25, 0.3) is 0 Å². The van der Waals surface area contributed by atoms with Crippen molar-refractivity contribution < 1.29 is 28.6 Å². The van der Waals surface area contributed by atoms with E-state index in [1.54, 1.807) is 42.3 Å². The maximum Gasteiger partial charge on any atom is 0.223 e. The molecule has 32 heavy (non-hydrogen) atoms. The molecule has 2 aromatic rings. The van der Waals surface area contributed by atoms with Gasteiger partial charge in [-0.15, -0.1) is 0 Å². The molecular formula is C25H27NO6. The van der Waals surface area contributed by atoms with E-state index in [1.807, 2.05) is 13.0 Å². The minimum atomic E-state index is -0.710. The number of Topliss-reactive ketones (excluding diaryl/α,β-unsaturated/α-hetero) is 2. The second-order valence-electron chi connectivity index (χ2n) is 8.44. The van der Waals surface area contributed by atoms with Crippen LogP contribution in [0.3, 0.4) is 0 Å². The molecule has 1 spiro atoms. The third-order valence-corrected chi connectivity index (χ3v) is 6.19. The van der Waals surface area contributed by atoms with Crippen LogP contribution in [-0.2, 0) is 4.79 Å². The molecule has 2 aliphatic rings. The highest BCUT2D eigenvalue weighted by atomic mass is 16.5. The van der Waals surface area contributed by atoms with E-state index in [9.17, 15) is 14.4 Å². The predicted octanol–water partition coefficient (Wildman–Crippen LogP) is 3.61. The highest BCUT2D eigenvalue weighted by Gasteiger charge is 2.47. The first-order chi connectivity index (χ1) is 15.3. The standard InChI is InChI=1S/C25H27NO6/c1-16-4-7-22(31-3)18(12-16)20(27)6-9-24(29)26-11-10-25(15-26)14-21(28)19-13-17(30-2)5-8-23(19)32-25/h4-5,7-8,12-13H,6,9-11,14-15H2,1-3H3. The van der Waals surface area contributed by atoms with Gasteiger partial charge >= 0.3 is 0 Å². The Morgan fingerprint density at radius 3 is 2.66 bits per heavy atom. The van der Waals surface area contributed by atoms with Crippen molar-refractivity contribution in [2.24, 2.45) is 0 Å². The van der Waals surface area contributed by atoms with Crippen molar-refractivity contribution >= 4 is 17.5 Å². The fourth-order valence-electron chi connectivity index (χ4n) is 4.44. The summed E-state index contributed by atoms with van der Waals surface area (Å²) in [5, 5.41) is 0. The van der Waals surface area contributed by atoms with Crippen LogP contribution < -0.4 is 14.2 Å². The fraction of sp³-hybridized carbons (Fsp3) is 0.400. The van der Waals surface area contributed by atoms with Crippen LogP contribution in [0.15, 0.2) is 36.4 Å². The molecule has 0 aliphatic carbocycles. The largest absolute Gasteiger partial charge is 0.497 e. The van der Waals surface area contributed by atoms with Gasteiger partial charge < -0.3 is 19.1 Å². The number of fused-ring (bicyclic) bond motifs is 1. The molecule has 1 amide bonds. The molecule has 2 aliphatic heterocycles. The molecule has 2 heterocycles. The van der Waals surface area contributed by atoms with Gasteiger partial charge in [0.2, 0.25) is 5.91 Å². The minimum absolute atomic E-state index is 0.0128. The number of methoxy groups -OCH3 is 2. The van der Waals surface area contributed by atoms with Crippen molar-refractivity contribution in [3.63, 3.8) is 0 Å². The average molecular weight is 437 g/mol. The summed E-state index contributed by atoms with van der Waals surface area (Å²) < 4.78 is 16.7. The number of amides is 1. The Hall–Kier alpha value is -3.35. The highest BCUT2D eigenvalue weighted by Crippen LogP contribution is 2.40. The SMILES string of the molecule is COc1ccc2c(c1)C(=O)CC1(CCN(C(=O)CCC(=O)c3cc(C)ccc3OC)C1)O2. The number of aryl methyl sites for hydroxylation is 1. The molecular weight excluding hydrogens is 410 g/mol. The maximum atomic E-state index is 12.8. The summed E-state index contributed by atoms with van der Waals surface area (Å²) in [5.74, 6) is 1.39. The lowest BCUT2D eigenvalue weighted by Gasteiger charge is -2.34. The molecule has 0 radical (unpaired) electrons. The normalized spacial score (nSPS) is 19.5. The van der Waals surface area contributed by atoms with Crippen LogP contribution >= 0.6 is 0 Å². The Bertz CT molecular complexity index is 1080. The van der Waals surface area contributed by atoms with Crippen LogP contribution in [0.25, 0.3) is 0 Å². The zero-order valence-corrected chi connectivity index (χ0v) is 18.6. The molecule has 2 aromatic carbocycles. The molecule has 7 nitrogen and oxygen atoms in total. The zero-order valence-electron chi connectivity index (χ0n) is 18.6. The molecule has 7 heteroatoms. The van der Waals surface area contributed by atoms with Crippen molar-refractivity contribution in [2.75, 3.05) is 27.3 Å². The average Bonchev–Trinajstić information content (AvgIpc) is 3.19. The van der Waals surface area contributed by atoms with E-state index in [0.717, 1.165) is 5.56 Å². The van der Waals surface area contributed by atoms with Gasteiger partial charge in [-0.2, -0.15) is 0 Å². The Labute approximate surface area is 187 Å². The van der Waals surface area contributed by atoms with Gasteiger partial charge in [0, 0.05) is 25.8 Å². The number of carbonyl (C=O) groups excluding carboxylic acids is 3. The van der Waals surface area contributed by atoms with Gasteiger partial charge in [-0.25, -0.2) is 0 Å². The number of ether oxygens (including phenoxy) is 3. The third kappa shape index (κ3) is 4.20. The van der Waals surface area contributed by atoms with Crippen molar-refractivity contribution in [1.82, 2.24) is 4.90 Å². The predicted molar refractivity (Wildman–Crippen MR) is 118 cm³/mol. The summed E-state index contributed by atoms with van der Waals surface area (Å²) in [6.07, 6.45) is 1.00. The van der Waals surface area contributed by atoms with Crippen LogP contribution in [-0.4, -0.2) is 55.3 Å². The van der Waals surface area contributed by atoms with Crippen molar-refractivity contribution in [1.29, 1.82) is 0 Å². The molecule has 0 aromatic heterocycles. The Balaban J connectivity index is 1.39. The first kappa shape index (κ1) is 21.9. The summed E-state index contributed by atoms with van der Waals surface area (Å²) in [5.41, 5.74) is 1.25. The van der Waals surface area contributed by atoms with Gasteiger partial charge in [0.15, 0.2) is 11.6 Å². The Kier molecular flexibility index (Phi) is 5.91. The number of rotatable bonds is 6. The first-order valence-electron chi connectivity index (χ1n) is 10.7. The van der Waals surface area contributed by atoms with Crippen LogP contribution in [0.1, 0.15) is 52.0 Å². The second-order valence-corrected chi connectivity index (χ2v) is 8.44. The lowest BCUT2D eigenvalue weighted by molar-refractivity contribution is -0.130. The van der Waals surface area contributed by atoms with E-state index < -0.39 is 5.60 Å². The number of ketones is 2. The summed E-state index contributed by atoms with van der Waals surface area (Å²) in [6, 6.07) is 10.6. The molecule has 0 saturated carbocycles. The summed E-state index contributed by atoms with van der Waals surface area (Å²) in [6.45, 7) is 2.75. The number of benzene rings is 2. The topological polar surface area (TPSA) is 82.1 Å². The smallest absolute Gasteiger partial charge is 0.223 e. The second kappa shape index (κ2) is 8.65. The number of carbonyl (C=O) groups is 3. The maximum absolute atomic E-state index is 12.8. The van der Waals surface area contributed by atoms with E-state index in [1.165, 1.54) is 7.11 Å². The van der Waals surface area contributed by atoms with E-state index in [2.05, 4.69) is 0 Å². The van der Waals surface area contributed by atoms with Crippen LogP contribution in [0, 0.1) is 6.92 Å². The molecule has 168 valence electrons. The van der Waals surface area contributed by atoms with Crippen LogP contribution in [0.2, 0.25) is 0 Å². The van der Waals surface area contributed by atoms with Gasteiger partial charge in [-0.05, 0) is 37.3 Å². The van der Waals surface area contributed by atoms with Crippen molar-refractivity contribution in [2.45, 2.75) is 38.2 Å². The van der Waals surface area contributed by atoms with E-state index in [-0.39, 0.29) is 36.7 Å². The third-order valence-electron chi connectivity index (χ3n) is 6.19. The van der Waals surface area contributed by atoms with Gasteiger partial charge in [0.1, 0.15) is 22.8 Å². The molecule has 0 N–H and O–H groups in total. The first-order valence-corrected chi connectivity index (χ1v) is 10.7. The Morgan fingerprint density at radius 1 is 1.09 bits per heavy atom. The van der Waals surface area contributed by atoms with E-state index >= 15 is 0 Å². The molecule has 1 unspecified atom stereocenters. The Morgan fingerprint density at radius 2 is 1.91 bits per heavy atom. The lowest BCUT2D eigenvalue weighted by Crippen LogP contribution is -2.45. The van der Waals surface area contributed by atoms with Gasteiger partial charge in [0.05, 0.1) is 38.3 Å². The summed E-state index contributed by atoms with van der Waals surface area (Å²) in [4.78, 5) is 40.0. The van der Waals surface area contributed by atoms with E-state index in [4.69, 9.17) is 14.2 Å². The molecule has 4 rings (SSSR count). The fourth-order valence-corrected chi connectivity index (χ4v) is 4.44.